The quantitative estimate of drug-likeness (QED) is 0.609. The molecule has 1 aromatic carbocycles. The average Bonchev–Trinajstić information content (AvgIpc) is 2.18. The molecule has 0 radical (unpaired) electrons. The monoisotopic (exact) mass is 207 g/mol. The highest BCUT2D eigenvalue weighted by Gasteiger charge is 2.34. The van der Waals surface area contributed by atoms with Crippen LogP contribution in [0.3, 0.4) is 0 Å². The number of hydrogen-bond donors (Lipinski definition) is 1. The molecule has 0 aliphatic heterocycles. The Morgan fingerprint density at radius 2 is 1.87 bits per heavy atom. The van der Waals surface area contributed by atoms with E-state index in [1.165, 1.54) is 0 Å². The van der Waals surface area contributed by atoms with E-state index in [0.717, 1.165) is 0 Å². The Morgan fingerprint density at radius 3 is 2.33 bits per heavy atom. The molecule has 0 saturated carbocycles. The van der Waals surface area contributed by atoms with Crippen LogP contribution in [0.4, 0.5) is 0 Å². The highest BCUT2D eigenvalue weighted by atomic mass is 16.5. The van der Waals surface area contributed by atoms with E-state index < -0.39 is 11.5 Å². The zero-order valence-electron chi connectivity index (χ0n) is 9.36. The zero-order valence-corrected chi connectivity index (χ0v) is 9.36. The molecule has 0 fully saturated rings. The molecule has 0 aromatic heterocycles. The maximum Gasteiger partial charge on any atom is 0.331 e. The summed E-state index contributed by atoms with van der Waals surface area (Å²) < 4.78 is 5.18. The first kappa shape index (κ1) is 11.7. The summed E-state index contributed by atoms with van der Waals surface area (Å²) in [5.74, 6) is 0.164. The number of benzene rings is 1. The maximum absolute atomic E-state index is 11.7. The number of carbonyl (C=O) groups excluding carboxylic acids is 1. The molecule has 0 amide bonds. The van der Waals surface area contributed by atoms with Crippen LogP contribution in [0, 0.1) is 5.92 Å². The summed E-state index contributed by atoms with van der Waals surface area (Å²) in [5.41, 5.74) is 4.93. The maximum atomic E-state index is 11.7. The van der Waals surface area contributed by atoms with Crippen LogP contribution in [0.15, 0.2) is 30.3 Å². The third-order valence-corrected chi connectivity index (χ3v) is 2.59. The molecule has 0 bridgehead atoms. The van der Waals surface area contributed by atoms with E-state index in [2.05, 4.69) is 0 Å². The van der Waals surface area contributed by atoms with E-state index in [0.29, 0.717) is 5.75 Å². The second-order valence-corrected chi connectivity index (χ2v) is 4.14. The van der Waals surface area contributed by atoms with E-state index in [1.54, 1.807) is 19.1 Å². The molecule has 1 unspecified atom stereocenters. The molecule has 3 heteroatoms. The highest BCUT2D eigenvalue weighted by Crippen LogP contribution is 2.17. The normalized spacial score (nSPS) is 14.7. The molecule has 0 heterocycles. The Kier molecular flexibility index (Phi) is 3.48. The molecule has 0 aliphatic rings. The Labute approximate surface area is 90.2 Å². The SMILES string of the molecule is CC(C)C(C)(N)C(=O)Oc1ccccc1. The lowest BCUT2D eigenvalue weighted by molar-refractivity contribution is -0.141. The number of para-hydroxylation sites is 1. The van der Waals surface area contributed by atoms with E-state index in [1.807, 2.05) is 32.0 Å². The van der Waals surface area contributed by atoms with Crippen LogP contribution >= 0.6 is 0 Å². The number of carbonyl (C=O) groups is 1. The van der Waals surface area contributed by atoms with Crippen molar-refractivity contribution in [3.8, 4) is 5.75 Å². The molecular weight excluding hydrogens is 190 g/mol. The molecule has 1 rings (SSSR count). The van der Waals surface area contributed by atoms with Crippen molar-refractivity contribution in [2.45, 2.75) is 26.3 Å². The van der Waals surface area contributed by atoms with Gasteiger partial charge in [0.05, 0.1) is 0 Å². The lowest BCUT2D eigenvalue weighted by atomic mass is 9.90. The summed E-state index contributed by atoms with van der Waals surface area (Å²) in [6, 6.07) is 8.95. The van der Waals surface area contributed by atoms with Crippen molar-refractivity contribution < 1.29 is 9.53 Å². The predicted molar refractivity (Wildman–Crippen MR) is 59.5 cm³/mol. The minimum absolute atomic E-state index is 0.0358. The average molecular weight is 207 g/mol. The van der Waals surface area contributed by atoms with Crippen LogP contribution in [0.25, 0.3) is 0 Å². The second kappa shape index (κ2) is 4.45. The summed E-state index contributed by atoms with van der Waals surface area (Å²) in [6.07, 6.45) is 0. The molecular formula is C12H17NO2. The van der Waals surface area contributed by atoms with Crippen LogP contribution in [0.1, 0.15) is 20.8 Å². The fraction of sp³-hybridized carbons (Fsp3) is 0.417. The first-order chi connectivity index (χ1) is 6.94. The molecule has 1 aromatic rings. The fourth-order valence-corrected chi connectivity index (χ4v) is 0.941. The van der Waals surface area contributed by atoms with Crippen molar-refractivity contribution >= 4 is 5.97 Å². The summed E-state index contributed by atoms with van der Waals surface area (Å²) in [5, 5.41) is 0. The zero-order chi connectivity index (χ0) is 11.5. The van der Waals surface area contributed by atoms with E-state index >= 15 is 0 Å². The number of hydrogen-bond acceptors (Lipinski definition) is 3. The number of ether oxygens (including phenoxy) is 1. The molecule has 1 atom stereocenters. The van der Waals surface area contributed by atoms with E-state index in [-0.39, 0.29) is 5.92 Å². The predicted octanol–water partition coefficient (Wildman–Crippen LogP) is 1.97. The van der Waals surface area contributed by atoms with Crippen LogP contribution in [-0.2, 0) is 4.79 Å². The van der Waals surface area contributed by atoms with Crippen LogP contribution in [-0.4, -0.2) is 11.5 Å². The first-order valence-electron chi connectivity index (χ1n) is 5.01. The summed E-state index contributed by atoms with van der Waals surface area (Å²) >= 11 is 0. The lowest BCUT2D eigenvalue weighted by Gasteiger charge is -2.26. The van der Waals surface area contributed by atoms with Crippen LogP contribution in [0.5, 0.6) is 5.75 Å². The van der Waals surface area contributed by atoms with Gasteiger partial charge in [0.15, 0.2) is 0 Å². The minimum atomic E-state index is -0.949. The molecule has 82 valence electrons. The first-order valence-corrected chi connectivity index (χ1v) is 5.01. The number of rotatable bonds is 3. The van der Waals surface area contributed by atoms with Gasteiger partial charge in [-0.1, -0.05) is 32.0 Å². The van der Waals surface area contributed by atoms with Crippen LogP contribution in [0.2, 0.25) is 0 Å². The molecule has 2 N–H and O–H groups in total. The third kappa shape index (κ3) is 2.80. The van der Waals surface area contributed by atoms with Crippen molar-refractivity contribution in [1.29, 1.82) is 0 Å². The van der Waals surface area contributed by atoms with Crippen molar-refractivity contribution in [3.05, 3.63) is 30.3 Å². The van der Waals surface area contributed by atoms with Gasteiger partial charge in [-0.25, -0.2) is 4.79 Å². The Balaban J connectivity index is 2.72. The highest BCUT2D eigenvalue weighted by molar-refractivity contribution is 5.82. The fourth-order valence-electron chi connectivity index (χ4n) is 0.941. The molecule has 3 nitrogen and oxygen atoms in total. The molecule has 0 aliphatic carbocycles. The lowest BCUT2D eigenvalue weighted by Crippen LogP contribution is -2.51. The third-order valence-electron chi connectivity index (χ3n) is 2.59. The van der Waals surface area contributed by atoms with Crippen LogP contribution < -0.4 is 10.5 Å². The Hall–Kier alpha value is -1.35. The van der Waals surface area contributed by atoms with Crippen molar-refractivity contribution in [3.63, 3.8) is 0 Å². The van der Waals surface area contributed by atoms with Crippen molar-refractivity contribution in [1.82, 2.24) is 0 Å². The van der Waals surface area contributed by atoms with Gasteiger partial charge in [0.25, 0.3) is 0 Å². The standard InChI is InChI=1S/C12H17NO2/c1-9(2)12(3,13)11(14)15-10-7-5-4-6-8-10/h4-9H,13H2,1-3H3. The summed E-state index contributed by atoms with van der Waals surface area (Å²) in [4.78, 5) is 11.7. The summed E-state index contributed by atoms with van der Waals surface area (Å²) in [7, 11) is 0. The van der Waals surface area contributed by atoms with E-state index in [9.17, 15) is 4.79 Å². The molecule has 0 saturated heterocycles. The second-order valence-electron chi connectivity index (χ2n) is 4.14. The minimum Gasteiger partial charge on any atom is -0.425 e. The Morgan fingerprint density at radius 1 is 1.33 bits per heavy atom. The van der Waals surface area contributed by atoms with Gasteiger partial charge in [-0.2, -0.15) is 0 Å². The van der Waals surface area contributed by atoms with Crippen molar-refractivity contribution in [2.75, 3.05) is 0 Å². The van der Waals surface area contributed by atoms with Gasteiger partial charge in [-0.15, -0.1) is 0 Å². The van der Waals surface area contributed by atoms with Gasteiger partial charge in [0, 0.05) is 0 Å². The Bertz CT molecular complexity index is 331. The number of esters is 1. The summed E-state index contributed by atoms with van der Waals surface area (Å²) in [6.45, 7) is 5.47. The topological polar surface area (TPSA) is 52.3 Å². The number of nitrogens with two attached hydrogens (primary N) is 1. The van der Waals surface area contributed by atoms with E-state index in [4.69, 9.17) is 10.5 Å². The molecule has 0 spiro atoms. The largest absolute Gasteiger partial charge is 0.425 e. The molecule has 15 heavy (non-hydrogen) atoms. The van der Waals surface area contributed by atoms with Gasteiger partial charge >= 0.3 is 5.97 Å². The van der Waals surface area contributed by atoms with Crippen molar-refractivity contribution in [2.24, 2.45) is 11.7 Å². The van der Waals surface area contributed by atoms with Gasteiger partial charge < -0.3 is 10.5 Å². The van der Waals surface area contributed by atoms with Gasteiger partial charge in [-0.3, -0.25) is 0 Å². The van der Waals surface area contributed by atoms with Gasteiger partial charge in [0.1, 0.15) is 11.3 Å². The van der Waals surface area contributed by atoms with Gasteiger partial charge in [0.2, 0.25) is 0 Å². The smallest absolute Gasteiger partial charge is 0.331 e. The van der Waals surface area contributed by atoms with Gasteiger partial charge in [-0.05, 0) is 25.0 Å².